The number of nitrogens with zero attached hydrogens (tertiary/aromatic N) is 2. The molecule has 0 aliphatic carbocycles. The zero-order valence-corrected chi connectivity index (χ0v) is 10.4. The second-order valence-corrected chi connectivity index (χ2v) is 3.71. The van der Waals surface area contributed by atoms with Gasteiger partial charge in [-0.2, -0.15) is 5.10 Å². The van der Waals surface area contributed by atoms with Crippen LogP contribution in [0.15, 0.2) is 53.9 Å². The Morgan fingerprint density at radius 3 is 2.74 bits per heavy atom. The molecule has 2 rings (SSSR count). The van der Waals surface area contributed by atoms with Gasteiger partial charge in [-0.25, -0.2) is 5.43 Å². The summed E-state index contributed by atoms with van der Waals surface area (Å²) in [6.07, 6.45) is 4.66. The molecule has 0 spiro atoms. The number of carbonyl (C=O) groups excluding carboxylic acids is 1. The molecule has 96 valence electrons. The van der Waals surface area contributed by atoms with Gasteiger partial charge in [-0.3, -0.25) is 9.78 Å². The molecule has 5 nitrogen and oxygen atoms in total. The molecule has 1 aromatic carbocycles. The van der Waals surface area contributed by atoms with Gasteiger partial charge >= 0.3 is 0 Å². The molecule has 0 atom stereocenters. The Morgan fingerprint density at radius 2 is 2.11 bits per heavy atom. The zero-order chi connectivity index (χ0) is 13.5. The number of rotatable bonds is 4. The number of carbonyl (C=O) groups is 1. The van der Waals surface area contributed by atoms with Crippen molar-refractivity contribution in [3.05, 3.63) is 59.9 Å². The van der Waals surface area contributed by atoms with Crippen LogP contribution in [-0.4, -0.2) is 24.2 Å². The molecule has 0 aliphatic heterocycles. The summed E-state index contributed by atoms with van der Waals surface area (Å²) in [5.41, 5.74) is 3.77. The van der Waals surface area contributed by atoms with Gasteiger partial charge in [0, 0.05) is 12.4 Å². The van der Waals surface area contributed by atoms with Crippen molar-refractivity contribution in [3.8, 4) is 5.75 Å². The van der Waals surface area contributed by atoms with Gasteiger partial charge in [0.25, 0.3) is 5.91 Å². The first-order chi connectivity index (χ1) is 9.29. The summed E-state index contributed by atoms with van der Waals surface area (Å²) in [7, 11) is 1.61. The van der Waals surface area contributed by atoms with E-state index in [9.17, 15) is 4.79 Å². The quantitative estimate of drug-likeness (QED) is 0.670. The normalized spacial score (nSPS) is 10.4. The van der Waals surface area contributed by atoms with Gasteiger partial charge < -0.3 is 4.74 Å². The minimum absolute atomic E-state index is 0.294. The number of hydrogen-bond acceptors (Lipinski definition) is 4. The number of hydrazone groups is 1. The first-order valence-electron chi connectivity index (χ1n) is 5.67. The van der Waals surface area contributed by atoms with Crippen molar-refractivity contribution in [1.82, 2.24) is 10.4 Å². The van der Waals surface area contributed by atoms with E-state index < -0.39 is 0 Å². The number of benzene rings is 1. The Bertz CT molecular complexity index is 565. The lowest BCUT2D eigenvalue weighted by Crippen LogP contribution is -2.17. The third-order valence-corrected chi connectivity index (χ3v) is 2.42. The molecule has 0 unspecified atom stereocenters. The Kier molecular flexibility index (Phi) is 4.23. The highest BCUT2D eigenvalue weighted by Crippen LogP contribution is 2.09. The van der Waals surface area contributed by atoms with E-state index in [1.165, 1.54) is 6.20 Å². The Morgan fingerprint density at radius 1 is 1.32 bits per heavy atom. The largest absolute Gasteiger partial charge is 0.497 e. The van der Waals surface area contributed by atoms with Crippen LogP contribution in [0.4, 0.5) is 0 Å². The van der Waals surface area contributed by atoms with Crippen LogP contribution in [0.3, 0.4) is 0 Å². The minimum atomic E-state index is -0.294. The Labute approximate surface area is 110 Å². The number of nitrogens with one attached hydrogen (secondary N) is 1. The second-order valence-electron chi connectivity index (χ2n) is 3.71. The standard InChI is InChI=1S/C14H13N3O2/c1-19-13-6-4-11(5-7-13)9-16-17-14(18)12-3-2-8-15-10-12/h2-10H,1H3,(H,17,18)/b16-9+. The fourth-order valence-electron chi connectivity index (χ4n) is 1.42. The van der Waals surface area contributed by atoms with Crippen LogP contribution in [0.2, 0.25) is 0 Å². The second kappa shape index (κ2) is 6.30. The summed E-state index contributed by atoms with van der Waals surface area (Å²) in [6, 6.07) is 10.7. The number of aromatic nitrogens is 1. The minimum Gasteiger partial charge on any atom is -0.497 e. The lowest BCUT2D eigenvalue weighted by atomic mass is 10.2. The molecular weight excluding hydrogens is 242 g/mol. The molecule has 0 bridgehead atoms. The van der Waals surface area contributed by atoms with Crippen LogP contribution in [0.25, 0.3) is 0 Å². The van der Waals surface area contributed by atoms with E-state index in [-0.39, 0.29) is 5.91 Å². The van der Waals surface area contributed by atoms with E-state index in [1.54, 1.807) is 31.7 Å². The zero-order valence-electron chi connectivity index (χ0n) is 10.4. The van der Waals surface area contributed by atoms with Gasteiger partial charge in [0.1, 0.15) is 5.75 Å². The molecule has 1 aromatic heterocycles. The molecule has 0 fully saturated rings. The highest BCUT2D eigenvalue weighted by molar-refractivity contribution is 5.94. The first-order valence-corrected chi connectivity index (χ1v) is 5.67. The molecular formula is C14H13N3O2. The van der Waals surface area contributed by atoms with Gasteiger partial charge in [0.2, 0.25) is 0 Å². The van der Waals surface area contributed by atoms with Crippen molar-refractivity contribution in [2.24, 2.45) is 5.10 Å². The van der Waals surface area contributed by atoms with Crippen LogP contribution in [-0.2, 0) is 0 Å². The van der Waals surface area contributed by atoms with Crippen molar-refractivity contribution in [2.75, 3.05) is 7.11 Å². The van der Waals surface area contributed by atoms with E-state index in [0.29, 0.717) is 5.56 Å². The molecule has 0 saturated heterocycles. The van der Waals surface area contributed by atoms with E-state index in [0.717, 1.165) is 11.3 Å². The van der Waals surface area contributed by atoms with Gasteiger partial charge in [-0.1, -0.05) is 0 Å². The predicted octanol–water partition coefficient (Wildman–Crippen LogP) is 1.85. The topological polar surface area (TPSA) is 63.6 Å². The van der Waals surface area contributed by atoms with Crippen LogP contribution < -0.4 is 10.2 Å². The molecule has 0 aliphatic rings. The summed E-state index contributed by atoms with van der Waals surface area (Å²) >= 11 is 0. The predicted molar refractivity (Wildman–Crippen MR) is 72.3 cm³/mol. The lowest BCUT2D eigenvalue weighted by Gasteiger charge is -2.00. The third kappa shape index (κ3) is 3.64. The van der Waals surface area contributed by atoms with Crippen molar-refractivity contribution < 1.29 is 9.53 Å². The average molecular weight is 255 g/mol. The molecule has 0 radical (unpaired) electrons. The number of ether oxygens (including phenoxy) is 1. The van der Waals surface area contributed by atoms with Crippen molar-refractivity contribution in [2.45, 2.75) is 0 Å². The monoisotopic (exact) mass is 255 g/mol. The van der Waals surface area contributed by atoms with Crippen molar-refractivity contribution in [3.63, 3.8) is 0 Å². The maximum atomic E-state index is 11.7. The smallest absolute Gasteiger partial charge is 0.272 e. The van der Waals surface area contributed by atoms with E-state index >= 15 is 0 Å². The number of hydrogen-bond donors (Lipinski definition) is 1. The Balaban J connectivity index is 1.94. The van der Waals surface area contributed by atoms with Crippen LogP contribution >= 0.6 is 0 Å². The van der Waals surface area contributed by atoms with Crippen LogP contribution in [0.5, 0.6) is 5.75 Å². The number of pyridine rings is 1. The van der Waals surface area contributed by atoms with E-state index in [1.807, 2.05) is 24.3 Å². The molecule has 19 heavy (non-hydrogen) atoms. The maximum absolute atomic E-state index is 11.7. The maximum Gasteiger partial charge on any atom is 0.272 e. The van der Waals surface area contributed by atoms with E-state index in [4.69, 9.17) is 4.74 Å². The summed E-state index contributed by atoms with van der Waals surface area (Å²) in [5, 5.41) is 3.88. The highest BCUT2D eigenvalue weighted by Gasteiger charge is 2.02. The fourth-order valence-corrected chi connectivity index (χ4v) is 1.42. The van der Waals surface area contributed by atoms with Gasteiger partial charge in [0.15, 0.2) is 0 Å². The van der Waals surface area contributed by atoms with Crippen LogP contribution in [0, 0.1) is 0 Å². The molecule has 1 heterocycles. The van der Waals surface area contributed by atoms with Gasteiger partial charge in [0.05, 0.1) is 18.9 Å². The average Bonchev–Trinajstić information content (AvgIpc) is 2.49. The SMILES string of the molecule is COc1ccc(/C=N/NC(=O)c2cccnc2)cc1. The summed E-state index contributed by atoms with van der Waals surface area (Å²) in [4.78, 5) is 15.5. The van der Waals surface area contributed by atoms with Crippen molar-refractivity contribution in [1.29, 1.82) is 0 Å². The molecule has 1 N–H and O–H groups in total. The highest BCUT2D eigenvalue weighted by atomic mass is 16.5. The van der Waals surface area contributed by atoms with Gasteiger partial charge in [-0.15, -0.1) is 0 Å². The number of amides is 1. The van der Waals surface area contributed by atoms with E-state index in [2.05, 4.69) is 15.5 Å². The first kappa shape index (κ1) is 12.8. The summed E-state index contributed by atoms with van der Waals surface area (Å²) < 4.78 is 5.05. The van der Waals surface area contributed by atoms with Crippen LogP contribution in [0.1, 0.15) is 15.9 Å². The fraction of sp³-hybridized carbons (Fsp3) is 0.0714. The third-order valence-electron chi connectivity index (χ3n) is 2.42. The van der Waals surface area contributed by atoms with Crippen molar-refractivity contribution >= 4 is 12.1 Å². The molecule has 0 saturated carbocycles. The Hall–Kier alpha value is -2.69. The molecule has 2 aromatic rings. The summed E-state index contributed by atoms with van der Waals surface area (Å²) in [6.45, 7) is 0. The molecule has 1 amide bonds. The number of methoxy groups -OCH3 is 1. The van der Waals surface area contributed by atoms with Gasteiger partial charge in [-0.05, 0) is 42.0 Å². The summed E-state index contributed by atoms with van der Waals surface area (Å²) in [5.74, 6) is 0.481. The molecule has 5 heteroatoms. The lowest BCUT2D eigenvalue weighted by molar-refractivity contribution is 0.0955.